The molecule has 2 aliphatic heterocycles. The molecule has 4 nitrogen and oxygen atoms in total. The summed E-state index contributed by atoms with van der Waals surface area (Å²) in [4.78, 5) is 14.0. The summed E-state index contributed by atoms with van der Waals surface area (Å²) in [5.74, 6) is -0.0933. The van der Waals surface area contributed by atoms with Crippen LogP contribution in [0.1, 0.15) is 25.7 Å². The molecule has 2 atom stereocenters. The first-order valence-electron chi connectivity index (χ1n) is 6.96. The first kappa shape index (κ1) is 13.9. The average Bonchev–Trinajstić information content (AvgIpc) is 2.79. The zero-order chi connectivity index (χ0) is 13.5. The number of alkyl halides is 2. The Hall–Kier alpha value is -0.0300. The van der Waals surface area contributed by atoms with Gasteiger partial charge in [0.25, 0.3) is 0 Å². The molecule has 2 saturated heterocycles. The van der Waals surface area contributed by atoms with Gasteiger partial charge in [0, 0.05) is 19.7 Å². The fourth-order valence-corrected chi connectivity index (χ4v) is 3.30. The largest absolute Gasteiger partial charge is 0.379 e. The van der Waals surface area contributed by atoms with E-state index in [1.165, 1.54) is 0 Å². The summed E-state index contributed by atoms with van der Waals surface area (Å²) in [6.45, 7) is 3.01. The van der Waals surface area contributed by atoms with Gasteiger partial charge in [-0.15, -0.1) is 23.2 Å². The second kappa shape index (κ2) is 5.40. The Labute approximate surface area is 123 Å². The number of carbonyl (C=O) groups is 1. The fourth-order valence-electron chi connectivity index (χ4n) is 2.81. The zero-order valence-electron chi connectivity index (χ0n) is 10.8. The molecule has 0 unspecified atom stereocenters. The lowest BCUT2D eigenvalue weighted by Crippen LogP contribution is -2.43. The van der Waals surface area contributed by atoms with E-state index in [0.717, 1.165) is 39.0 Å². The van der Waals surface area contributed by atoms with Crippen molar-refractivity contribution in [2.24, 2.45) is 5.92 Å². The highest BCUT2D eigenvalue weighted by molar-refractivity contribution is 6.52. The first-order chi connectivity index (χ1) is 9.06. The van der Waals surface area contributed by atoms with Crippen molar-refractivity contribution in [1.82, 2.24) is 4.90 Å². The van der Waals surface area contributed by atoms with Gasteiger partial charge < -0.3 is 14.4 Å². The molecule has 0 spiro atoms. The molecule has 19 heavy (non-hydrogen) atoms. The molecule has 6 heteroatoms. The molecule has 0 N–H and O–H groups in total. The molecule has 1 saturated carbocycles. The molecule has 0 aromatic carbocycles. The molecular formula is C13H19Cl2NO3. The summed E-state index contributed by atoms with van der Waals surface area (Å²) in [6.07, 6.45) is 3.87. The predicted molar refractivity (Wildman–Crippen MR) is 72.5 cm³/mol. The Morgan fingerprint density at radius 2 is 1.89 bits per heavy atom. The number of amides is 1. The molecule has 3 rings (SSSR count). The van der Waals surface area contributed by atoms with Crippen LogP contribution in [0.2, 0.25) is 0 Å². The molecule has 3 aliphatic rings. The smallest absolute Gasteiger partial charge is 0.228 e. The number of nitrogens with zero attached hydrogens (tertiary/aromatic N) is 1. The summed E-state index contributed by atoms with van der Waals surface area (Å²) in [6, 6.07) is 0. The molecule has 0 aromatic heterocycles. The van der Waals surface area contributed by atoms with Gasteiger partial charge in [-0.3, -0.25) is 4.79 Å². The third-order valence-corrected chi connectivity index (χ3v) is 4.99. The Morgan fingerprint density at radius 1 is 1.21 bits per heavy atom. The molecule has 2 heterocycles. The number of rotatable bonds is 3. The molecule has 1 aliphatic carbocycles. The lowest BCUT2D eigenvalue weighted by molar-refractivity contribution is -0.136. The Bertz CT molecular complexity index is 350. The SMILES string of the molecule is O=C([C@@H]1CC1(Cl)Cl)N1CCC(O[C@H]2CCOC2)CC1. The summed E-state index contributed by atoms with van der Waals surface area (Å²) in [7, 11) is 0. The summed E-state index contributed by atoms with van der Waals surface area (Å²) >= 11 is 11.9. The van der Waals surface area contributed by atoms with Gasteiger partial charge in [-0.05, 0) is 25.7 Å². The van der Waals surface area contributed by atoms with E-state index in [1.807, 2.05) is 4.90 Å². The Kier molecular flexibility index (Phi) is 3.96. The molecule has 0 bridgehead atoms. The number of piperidine rings is 1. The number of ether oxygens (including phenoxy) is 2. The van der Waals surface area contributed by atoms with E-state index in [2.05, 4.69) is 0 Å². The van der Waals surface area contributed by atoms with Crippen molar-refractivity contribution in [2.45, 2.75) is 42.2 Å². The van der Waals surface area contributed by atoms with Crippen molar-refractivity contribution in [1.29, 1.82) is 0 Å². The predicted octanol–water partition coefficient (Wildman–Crippen LogP) is 1.98. The second-order valence-corrected chi connectivity index (χ2v) is 7.21. The molecule has 108 valence electrons. The third-order valence-electron chi connectivity index (χ3n) is 4.15. The summed E-state index contributed by atoms with van der Waals surface area (Å²) in [5.41, 5.74) is 0. The van der Waals surface area contributed by atoms with E-state index < -0.39 is 4.33 Å². The number of hydrogen-bond donors (Lipinski definition) is 0. The fraction of sp³-hybridized carbons (Fsp3) is 0.923. The van der Waals surface area contributed by atoms with Crippen molar-refractivity contribution in [3.63, 3.8) is 0 Å². The molecule has 1 amide bonds. The van der Waals surface area contributed by atoms with Crippen LogP contribution < -0.4 is 0 Å². The molecule has 0 aromatic rings. The van der Waals surface area contributed by atoms with Gasteiger partial charge in [-0.2, -0.15) is 0 Å². The summed E-state index contributed by atoms with van der Waals surface area (Å²) < 4.78 is 10.5. The van der Waals surface area contributed by atoms with Crippen LogP contribution in [0.3, 0.4) is 0 Å². The number of halogens is 2. The van der Waals surface area contributed by atoms with E-state index in [-0.39, 0.29) is 24.0 Å². The van der Waals surface area contributed by atoms with Gasteiger partial charge in [-0.25, -0.2) is 0 Å². The Morgan fingerprint density at radius 3 is 2.42 bits per heavy atom. The number of carbonyl (C=O) groups excluding carboxylic acids is 1. The minimum atomic E-state index is -0.814. The highest BCUT2D eigenvalue weighted by Gasteiger charge is 2.57. The second-order valence-electron chi connectivity index (χ2n) is 5.66. The van der Waals surface area contributed by atoms with Crippen LogP contribution in [0.4, 0.5) is 0 Å². The zero-order valence-corrected chi connectivity index (χ0v) is 12.3. The van der Waals surface area contributed by atoms with E-state index >= 15 is 0 Å². The maximum absolute atomic E-state index is 12.1. The third kappa shape index (κ3) is 3.18. The van der Waals surface area contributed by atoms with Crippen molar-refractivity contribution in [3.05, 3.63) is 0 Å². The van der Waals surface area contributed by atoms with Crippen LogP contribution in [0.15, 0.2) is 0 Å². The standard InChI is InChI=1S/C13H19Cl2NO3/c14-13(15)7-11(13)12(17)16-4-1-9(2-5-16)19-10-3-6-18-8-10/h9-11H,1-8H2/t10-,11-/m0/s1. The normalized spacial score (nSPS) is 34.5. The van der Waals surface area contributed by atoms with Crippen LogP contribution in [0.5, 0.6) is 0 Å². The lowest BCUT2D eigenvalue weighted by atomic mass is 10.1. The quantitative estimate of drug-likeness (QED) is 0.748. The molecule has 0 radical (unpaired) electrons. The first-order valence-corrected chi connectivity index (χ1v) is 7.71. The van der Waals surface area contributed by atoms with Crippen LogP contribution in [0, 0.1) is 5.92 Å². The van der Waals surface area contributed by atoms with Gasteiger partial charge in [0.1, 0.15) is 4.33 Å². The van der Waals surface area contributed by atoms with Gasteiger partial charge >= 0.3 is 0 Å². The highest BCUT2D eigenvalue weighted by Crippen LogP contribution is 2.54. The highest BCUT2D eigenvalue weighted by atomic mass is 35.5. The molecular weight excluding hydrogens is 289 g/mol. The van der Waals surface area contributed by atoms with E-state index in [1.54, 1.807) is 0 Å². The van der Waals surface area contributed by atoms with E-state index in [0.29, 0.717) is 13.0 Å². The van der Waals surface area contributed by atoms with E-state index in [9.17, 15) is 4.79 Å². The van der Waals surface area contributed by atoms with Gasteiger partial charge in [-0.1, -0.05) is 0 Å². The van der Waals surface area contributed by atoms with Crippen LogP contribution in [0.25, 0.3) is 0 Å². The van der Waals surface area contributed by atoms with Crippen LogP contribution in [-0.2, 0) is 14.3 Å². The number of likely N-dealkylation sites (tertiary alicyclic amines) is 1. The van der Waals surface area contributed by atoms with Crippen molar-refractivity contribution in [2.75, 3.05) is 26.3 Å². The maximum atomic E-state index is 12.1. The van der Waals surface area contributed by atoms with Crippen molar-refractivity contribution >= 4 is 29.1 Å². The van der Waals surface area contributed by atoms with Crippen LogP contribution in [-0.4, -0.2) is 53.7 Å². The minimum absolute atomic E-state index is 0.104. The van der Waals surface area contributed by atoms with E-state index in [4.69, 9.17) is 32.7 Å². The summed E-state index contributed by atoms with van der Waals surface area (Å²) in [5, 5.41) is 0. The van der Waals surface area contributed by atoms with Crippen molar-refractivity contribution in [3.8, 4) is 0 Å². The average molecular weight is 308 g/mol. The number of hydrogen-bond acceptors (Lipinski definition) is 3. The maximum Gasteiger partial charge on any atom is 0.228 e. The van der Waals surface area contributed by atoms with Gasteiger partial charge in [0.05, 0.1) is 24.7 Å². The van der Waals surface area contributed by atoms with Crippen LogP contribution >= 0.6 is 23.2 Å². The van der Waals surface area contributed by atoms with Crippen molar-refractivity contribution < 1.29 is 14.3 Å². The molecule has 3 fully saturated rings. The Balaban J connectivity index is 1.43. The minimum Gasteiger partial charge on any atom is -0.379 e. The lowest BCUT2D eigenvalue weighted by Gasteiger charge is -2.33. The van der Waals surface area contributed by atoms with Gasteiger partial charge in [0.2, 0.25) is 5.91 Å². The topological polar surface area (TPSA) is 38.8 Å². The monoisotopic (exact) mass is 307 g/mol. The van der Waals surface area contributed by atoms with Gasteiger partial charge in [0.15, 0.2) is 0 Å².